The molecule has 2 aromatic carbocycles. The van der Waals surface area contributed by atoms with Crippen molar-refractivity contribution in [3.63, 3.8) is 0 Å². The summed E-state index contributed by atoms with van der Waals surface area (Å²) in [5.74, 6) is 0.270. The van der Waals surface area contributed by atoms with E-state index in [0.717, 1.165) is 5.56 Å². The third kappa shape index (κ3) is 4.84. The van der Waals surface area contributed by atoms with Crippen LogP contribution in [0, 0.1) is 11.7 Å². The molecule has 0 radical (unpaired) electrons. The minimum absolute atomic E-state index is 0.0177. The Morgan fingerprint density at radius 1 is 1.07 bits per heavy atom. The summed E-state index contributed by atoms with van der Waals surface area (Å²) in [6, 6.07) is 13.1. The lowest BCUT2D eigenvalue weighted by Crippen LogP contribution is -2.42. The SMILES string of the molecule is COc1ccc(C(=O)N2CCC(C(=O)NCc3ccc(F)cc3)CC2)cc1. The zero-order valence-corrected chi connectivity index (χ0v) is 15.3. The van der Waals surface area contributed by atoms with Crippen molar-refractivity contribution in [1.29, 1.82) is 0 Å². The Kier molecular flexibility index (Phi) is 6.06. The number of halogens is 1. The van der Waals surface area contributed by atoms with Crippen LogP contribution in [-0.4, -0.2) is 36.9 Å². The molecule has 0 atom stereocenters. The van der Waals surface area contributed by atoms with Crippen molar-refractivity contribution in [3.8, 4) is 5.75 Å². The van der Waals surface area contributed by atoms with Crippen LogP contribution >= 0.6 is 0 Å². The van der Waals surface area contributed by atoms with Crippen LogP contribution in [-0.2, 0) is 11.3 Å². The maximum absolute atomic E-state index is 12.9. The summed E-state index contributed by atoms with van der Waals surface area (Å²) in [6.07, 6.45) is 1.27. The Hall–Kier alpha value is -2.89. The van der Waals surface area contributed by atoms with Crippen molar-refractivity contribution in [2.24, 2.45) is 5.92 Å². The zero-order valence-electron chi connectivity index (χ0n) is 15.3. The van der Waals surface area contributed by atoms with Crippen molar-refractivity contribution in [2.45, 2.75) is 19.4 Å². The number of amides is 2. The summed E-state index contributed by atoms with van der Waals surface area (Å²) in [4.78, 5) is 26.7. The summed E-state index contributed by atoms with van der Waals surface area (Å²) in [5.41, 5.74) is 1.48. The topological polar surface area (TPSA) is 58.6 Å². The summed E-state index contributed by atoms with van der Waals surface area (Å²) >= 11 is 0. The number of nitrogens with zero attached hydrogens (tertiary/aromatic N) is 1. The van der Waals surface area contributed by atoms with Crippen LogP contribution in [0.3, 0.4) is 0 Å². The van der Waals surface area contributed by atoms with Gasteiger partial charge < -0.3 is 15.0 Å². The van der Waals surface area contributed by atoms with Crippen LogP contribution in [0.5, 0.6) is 5.75 Å². The highest BCUT2D eigenvalue weighted by molar-refractivity contribution is 5.94. The lowest BCUT2D eigenvalue weighted by Gasteiger charge is -2.31. The number of rotatable bonds is 5. The highest BCUT2D eigenvalue weighted by atomic mass is 19.1. The van der Waals surface area contributed by atoms with Gasteiger partial charge >= 0.3 is 0 Å². The average Bonchev–Trinajstić information content (AvgIpc) is 2.73. The Balaban J connectivity index is 1.48. The lowest BCUT2D eigenvalue weighted by atomic mass is 9.95. The molecule has 3 rings (SSSR count). The molecular weight excluding hydrogens is 347 g/mol. The van der Waals surface area contributed by atoms with E-state index in [1.54, 1.807) is 48.4 Å². The van der Waals surface area contributed by atoms with Crippen LogP contribution in [0.15, 0.2) is 48.5 Å². The largest absolute Gasteiger partial charge is 0.497 e. The third-order valence-electron chi connectivity index (χ3n) is 4.87. The van der Waals surface area contributed by atoms with Crippen molar-refractivity contribution < 1.29 is 18.7 Å². The molecule has 0 bridgehead atoms. The third-order valence-corrected chi connectivity index (χ3v) is 4.87. The molecule has 2 aromatic rings. The van der Waals surface area contributed by atoms with Gasteiger partial charge in [-0.1, -0.05) is 12.1 Å². The first kappa shape index (κ1) is 18.9. The van der Waals surface area contributed by atoms with Gasteiger partial charge in [0.15, 0.2) is 0 Å². The van der Waals surface area contributed by atoms with Crippen LogP contribution in [0.2, 0.25) is 0 Å². The standard InChI is InChI=1S/C21H23FN2O3/c1-27-19-8-4-17(5-9-19)21(26)24-12-10-16(11-13-24)20(25)23-14-15-2-6-18(22)7-3-15/h2-9,16H,10-14H2,1H3,(H,23,25). The first-order valence-electron chi connectivity index (χ1n) is 9.02. The van der Waals surface area contributed by atoms with Crippen molar-refractivity contribution in [2.75, 3.05) is 20.2 Å². The van der Waals surface area contributed by atoms with E-state index in [9.17, 15) is 14.0 Å². The van der Waals surface area contributed by atoms with Crippen LogP contribution in [0.1, 0.15) is 28.8 Å². The van der Waals surface area contributed by atoms with Gasteiger partial charge in [-0.15, -0.1) is 0 Å². The van der Waals surface area contributed by atoms with E-state index < -0.39 is 0 Å². The summed E-state index contributed by atoms with van der Waals surface area (Å²) in [6.45, 7) is 1.49. The molecule has 0 unspecified atom stereocenters. The highest BCUT2D eigenvalue weighted by Crippen LogP contribution is 2.20. The lowest BCUT2D eigenvalue weighted by molar-refractivity contribution is -0.126. The fourth-order valence-corrected chi connectivity index (χ4v) is 3.20. The van der Waals surface area contributed by atoms with Crippen molar-refractivity contribution in [1.82, 2.24) is 10.2 Å². The normalized spacial score (nSPS) is 14.7. The van der Waals surface area contributed by atoms with Gasteiger partial charge in [-0.3, -0.25) is 9.59 Å². The average molecular weight is 370 g/mol. The monoisotopic (exact) mass is 370 g/mol. The predicted molar refractivity (Wildman–Crippen MR) is 99.9 cm³/mol. The molecule has 142 valence electrons. The molecule has 1 saturated heterocycles. The van der Waals surface area contributed by atoms with Gasteiger partial charge in [-0.25, -0.2) is 4.39 Å². The van der Waals surface area contributed by atoms with E-state index in [-0.39, 0.29) is 23.5 Å². The molecule has 1 heterocycles. The number of methoxy groups -OCH3 is 1. The van der Waals surface area contributed by atoms with Crippen LogP contribution in [0.4, 0.5) is 4.39 Å². The quantitative estimate of drug-likeness (QED) is 0.880. The Morgan fingerprint density at radius 3 is 2.30 bits per heavy atom. The number of piperidine rings is 1. The van der Waals surface area contributed by atoms with Gasteiger partial charge in [-0.05, 0) is 54.8 Å². The zero-order chi connectivity index (χ0) is 19.2. The fraction of sp³-hybridized carbons (Fsp3) is 0.333. The molecule has 6 heteroatoms. The Labute approximate surface area is 158 Å². The van der Waals surface area contributed by atoms with E-state index in [4.69, 9.17) is 4.74 Å². The first-order valence-corrected chi connectivity index (χ1v) is 9.02. The molecule has 2 amide bonds. The molecule has 27 heavy (non-hydrogen) atoms. The van der Waals surface area contributed by atoms with Gasteiger partial charge in [0.2, 0.25) is 5.91 Å². The number of nitrogens with one attached hydrogen (secondary N) is 1. The summed E-state index contributed by atoms with van der Waals surface area (Å²) < 4.78 is 18.0. The second-order valence-electron chi connectivity index (χ2n) is 6.64. The number of likely N-dealkylation sites (tertiary alicyclic amines) is 1. The summed E-state index contributed by atoms with van der Waals surface area (Å²) in [5, 5.41) is 2.90. The van der Waals surface area contributed by atoms with Gasteiger partial charge in [0.25, 0.3) is 5.91 Å². The molecule has 1 aliphatic heterocycles. The minimum atomic E-state index is -0.293. The van der Waals surface area contributed by atoms with E-state index >= 15 is 0 Å². The van der Waals surface area contributed by atoms with Gasteiger partial charge in [0.1, 0.15) is 11.6 Å². The molecule has 1 N–H and O–H groups in total. The molecule has 0 aliphatic carbocycles. The highest BCUT2D eigenvalue weighted by Gasteiger charge is 2.27. The van der Waals surface area contributed by atoms with E-state index in [0.29, 0.717) is 43.8 Å². The molecule has 0 spiro atoms. The van der Waals surface area contributed by atoms with Gasteiger partial charge in [-0.2, -0.15) is 0 Å². The van der Waals surface area contributed by atoms with Crippen LogP contribution < -0.4 is 10.1 Å². The molecule has 0 saturated carbocycles. The number of carbonyl (C=O) groups is 2. The molecule has 0 aromatic heterocycles. The molecule has 5 nitrogen and oxygen atoms in total. The molecule has 1 fully saturated rings. The fourth-order valence-electron chi connectivity index (χ4n) is 3.20. The maximum Gasteiger partial charge on any atom is 0.253 e. The number of ether oxygens (including phenoxy) is 1. The number of carbonyl (C=O) groups excluding carboxylic acids is 2. The minimum Gasteiger partial charge on any atom is -0.497 e. The smallest absolute Gasteiger partial charge is 0.253 e. The van der Waals surface area contributed by atoms with Gasteiger partial charge in [0.05, 0.1) is 7.11 Å². The maximum atomic E-state index is 12.9. The van der Waals surface area contributed by atoms with E-state index in [1.807, 2.05) is 0 Å². The van der Waals surface area contributed by atoms with Gasteiger partial charge in [0, 0.05) is 31.1 Å². The Bertz CT molecular complexity index is 782. The molecular formula is C21H23FN2O3. The number of benzene rings is 2. The Morgan fingerprint density at radius 2 is 1.70 bits per heavy atom. The second-order valence-corrected chi connectivity index (χ2v) is 6.64. The number of hydrogen-bond donors (Lipinski definition) is 1. The van der Waals surface area contributed by atoms with E-state index in [1.165, 1.54) is 12.1 Å². The van der Waals surface area contributed by atoms with E-state index in [2.05, 4.69) is 5.32 Å². The first-order chi connectivity index (χ1) is 13.1. The predicted octanol–water partition coefficient (Wildman–Crippen LogP) is 3.00. The van der Waals surface area contributed by atoms with Crippen molar-refractivity contribution in [3.05, 3.63) is 65.5 Å². The van der Waals surface area contributed by atoms with Crippen molar-refractivity contribution >= 4 is 11.8 Å². The second kappa shape index (κ2) is 8.66. The van der Waals surface area contributed by atoms with Crippen LogP contribution in [0.25, 0.3) is 0 Å². The molecule has 1 aliphatic rings. The number of hydrogen-bond acceptors (Lipinski definition) is 3. The summed E-state index contributed by atoms with van der Waals surface area (Å²) in [7, 11) is 1.59.